The first-order chi connectivity index (χ1) is 9.95. The zero-order valence-electron chi connectivity index (χ0n) is 11.9. The second-order valence-electron chi connectivity index (χ2n) is 4.79. The lowest BCUT2D eigenvalue weighted by molar-refractivity contribution is -0.167. The van der Waals surface area contributed by atoms with Crippen molar-refractivity contribution in [3.05, 3.63) is 30.1 Å². The van der Waals surface area contributed by atoms with Gasteiger partial charge in [0.2, 0.25) is 0 Å². The second-order valence-corrected chi connectivity index (χ2v) is 4.79. The molecule has 0 bridgehead atoms. The van der Waals surface area contributed by atoms with Crippen LogP contribution in [0.1, 0.15) is 18.9 Å². The zero-order valence-corrected chi connectivity index (χ0v) is 11.9. The van der Waals surface area contributed by atoms with Crippen LogP contribution in [0.25, 0.3) is 0 Å². The number of nitrogens with one attached hydrogen (secondary N) is 1. The van der Waals surface area contributed by atoms with E-state index in [9.17, 15) is 17.6 Å². The van der Waals surface area contributed by atoms with Crippen LogP contribution in [0.3, 0.4) is 0 Å². The summed E-state index contributed by atoms with van der Waals surface area (Å²) in [5.74, 6) is -4.11. The maximum atomic E-state index is 12.8. The maximum Gasteiger partial charge on any atom is 0.330 e. The topological polar surface area (TPSA) is 34.1 Å². The Morgan fingerprint density at radius 3 is 2.52 bits per heavy atom. The average molecular weight is 308 g/mol. The molecular weight excluding hydrogens is 288 g/mol. The molecule has 120 valence electrons. The highest BCUT2D eigenvalue weighted by Gasteiger charge is 2.41. The third-order valence-corrected chi connectivity index (χ3v) is 2.85. The van der Waals surface area contributed by atoms with Gasteiger partial charge >= 0.3 is 12.3 Å². The molecule has 1 heterocycles. The molecule has 3 nitrogen and oxygen atoms in total. The van der Waals surface area contributed by atoms with E-state index in [4.69, 9.17) is 4.74 Å². The molecule has 0 radical (unpaired) electrons. The number of nitrogens with zero attached hydrogens (tertiary/aromatic N) is 1. The fourth-order valence-electron chi connectivity index (χ4n) is 1.74. The van der Waals surface area contributed by atoms with Crippen molar-refractivity contribution in [1.82, 2.24) is 10.3 Å². The van der Waals surface area contributed by atoms with E-state index in [1.807, 2.05) is 19.1 Å². The Morgan fingerprint density at radius 1 is 1.29 bits per heavy atom. The van der Waals surface area contributed by atoms with E-state index in [-0.39, 0.29) is 12.6 Å². The number of aromatic nitrogens is 1. The molecule has 1 atom stereocenters. The van der Waals surface area contributed by atoms with Gasteiger partial charge in [-0.2, -0.15) is 8.78 Å². The Hall–Kier alpha value is -1.21. The molecule has 0 aliphatic rings. The Balaban J connectivity index is 2.46. The van der Waals surface area contributed by atoms with Gasteiger partial charge in [-0.15, -0.1) is 0 Å². The lowest BCUT2D eigenvalue weighted by Gasteiger charge is -2.21. The van der Waals surface area contributed by atoms with Gasteiger partial charge in [0.1, 0.15) is 6.61 Å². The predicted octanol–water partition coefficient (Wildman–Crippen LogP) is 2.91. The van der Waals surface area contributed by atoms with Crippen molar-refractivity contribution < 1.29 is 22.3 Å². The summed E-state index contributed by atoms with van der Waals surface area (Å²) in [6, 6.07) is 3.42. The van der Waals surface area contributed by atoms with Crippen molar-refractivity contribution in [2.45, 2.75) is 38.2 Å². The third-order valence-electron chi connectivity index (χ3n) is 2.85. The van der Waals surface area contributed by atoms with Crippen molar-refractivity contribution in [3.8, 4) is 0 Å². The minimum atomic E-state index is -4.11. The minimum absolute atomic E-state index is 0.0510. The number of alkyl halides is 4. The van der Waals surface area contributed by atoms with E-state index < -0.39 is 19.0 Å². The van der Waals surface area contributed by atoms with Crippen LogP contribution >= 0.6 is 0 Å². The van der Waals surface area contributed by atoms with Crippen molar-refractivity contribution >= 4 is 0 Å². The smallest absolute Gasteiger partial charge is 0.330 e. The molecule has 0 saturated heterocycles. The summed E-state index contributed by atoms with van der Waals surface area (Å²) in [5.41, 5.74) is 0.975. The van der Waals surface area contributed by atoms with Crippen LogP contribution in [0.4, 0.5) is 17.6 Å². The molecule has 0 aliphatic carbocycles. The normalized spacial score (nSPS) is 13.6. The summed E-state index contributed by atoms with van der Waals surface area (Å²) in [6.45, 7) is 1.35. The van der Waals surface area contributed by atoms with Crippen LogP contribution in [0, 0.1) is 0 Å². The lowest BCUT2D eigenvalue weighted by atomic mass is 10.1. The first-order valence-corrected chi connectivity index (χ1v) is 6.81. The lowest BCUT2D eigenvalue weighted by Crippen LogP contribution is -2.39. The molecule has 1 unspecified atom stereocenters. The van der Waals surface area contributed by atoms with Crippen LogP contribution in [-0.4, -0.2) is 43.1 Å². The Labute approximate surface area is 121 Å². The van der Waals surface area contributed by atoms with E-state index in [0.717, 1.165) is 12.0 Å². The first kappa shape index (κ1) is 17.8. The number of hydrogen-bond acceptors (Lipinski definition) is 3. The van der Waals surface area contributed by atoms with E-state index >= 15 is 0 Å². The highest BCUT2D eigenvalue weighted by molar-refractivity contribution is 5.11. The molecule has 0 aromatic carbocycles. The Morgan fingerprint density at radius 2 is 1.95 bits per heavy atom. The number of ether oxygens (including phenoxy) is 1. The molecule has 0 spiro atoms. The van der Waals surface area contributed by atoms with E-state index in [0.29, 0.717) is 13.0 Å². The average Bonchev–Trinajstić information content (AvgIpc) is 2.45. The molecule has 21 heavy (non-hydrogen) atoms. The quantitative estimate of drug-likeness (QED) is 0.675. The fraction of sp³-hybridized carbons (Fsp3) is 0.643. The number of pyridine rings is 1. The first-order valence-electron chi connectivity index (χ1n) is 6.81. The summed E-state index contributed by atoms with van der Waals surface area (Å²) in [5, 5.41) is 3.16. The van der Waals surface area contributed by atoms with Gasteiger partial charge in [-0.3, -0.25) is 4.98 Å². The fourth-order valence-corrected chi connectivity index (χ4v) is 1.74. The predicted molar refractivity (Wildman–Crippen MR) is 71.8 cm³/mol. The van der Waals surface area contributed by atoms with E-state index in [2.05, 4.69) is 10.3 Å². The van der Waals surface area contributed by atoms with Crippen molar-refractivity contribution in [1.29, 1.82) is 0 Å². The number of halogens is 4. The molecule has 0 amide bonds. The molecule has 1 aromatic heterocycles. The molecule has 1 rings (SSSR count). The van der Waals surface area contributed by atoms with Gasteiger partial charge in [0.15, 0.2) is 0 Å². The number of hydrogen-bond donors (Lipinski definition) is 1. The summed E-state index contributed by atoms with van der Waals surface area (Å²) < 4.78 is 54.4. The number of rotatable bonds is 10. The van der Waals surface area contributed by atoms with Crippen molar-refractivity contribution in [2.75, 3.05) is 19.8 Å². The molecular formula is C14H20F4N2O. The van der Waals surface area contributed by atoms with Gasteiger partial charge < -0.3 is 10.1 Å². The van der Waals surface area contributed by atoms with E-state index in [1.165, 1.54) is 0 Å². The third kappa shape index (κ3) is 6.86. The van der Waals surface area contributed by atoms with Crippen LogP contribution in [0.5, 0.6) is 0 Å². The van der Waals surface area contributed by atoms with Gasteiger partial charge in [-0.05, 0) is 37.1 Å². The highest BCUT2D eigenvalue weighted by Crippen LogP contribution is 2.22. The van der Waals surface area contributed by atoms with Crippen molar-refractivity contribution in [3.63, 3.8) is 0 Å². The second kappa shape index (κ2) is 8.94. The van der Waals surface area contributed by atoms with E-state index in [1.54, 1.807) is 12.4 Å². The van der Waals surface area contributed by atoms with Gasteiger partial charge in [0.05, 0.1) is 6.61 Å². The molecule has 1 N–H and O–H groups in total. The summed E-state index contributed by atoms with van der Waals surface area (Å²) >= 11 is 0. The van der Waals surface area contributed by atoms with Gasteiger partial charge in [-0.1, -0.05) is 6.92 Å². The molecule has 0 fully saturated rings. The molecule has 7 heteroatoms. The minimum Gasteiger partial charge on any atom is -0.373 e. The van der Waals surface area contributed by atoms with Crippen LogP contribution in [-0.2, 0) is 11.2 Å². The Kier molecular flexibility index (Phi) is 7.60. The van der Waals surface area contributed by atoms with Crippen molar-refractivity contribution in [2.24, 2.45) is 0 Å². The van der Waals surface area contributed by atoms with Crippen LogP contribution < -0.4 is 5.32 Å². The Bertz CT molecular complexity index is 390. The molecule has 0 aliphatic heterocycles. The van der Waals surface area contributed by atoms with Gasteiger partial charge in [0, 0.05) is 18.4 Å². The SMILES string of the molecule is CCCNC(COCC(F)(F)C(F)F)Cc1ccncc1. The summed E-state index contributed by atoms with van der Waals surface area (Å²) in [6.07, 6.45) is 0.999. The summed E-state index contributed by atoms with van der Waals surface area (Å²) in [7, 11) is 0. The zero-order chi connectivity index (χ0) is 15.7. The molecule has 1 aromatic rings. The summed E-state index contributed by atoms with van der Waals surface area (Å²) in [4.78, 5) is 3.89. The maximum absolute atomic E-state index is 12.8. The molecule has 0 saturated carbocycles. The van der Waals surface area contributed by atoms with Gasteiger partial charge in [-0.25, -0.2) is 8.78 Å². The van der Waals surface area contributed by atoms with Crippen LogP contribution in [0.15, 0.2) is 24.5 Å². The van der Waals surface area contributed by atoms with Crippen LogP contribution in [0.2, 0.25) is 0 Å². The monoisotopic (exact) mass is 308 g/mol. The largest absolute Gasteiger partial charge is 0.373 e. The van der Waals surface area contributed by atoms with Gasteiger partial charge in [0.25, 0.3) is 0 Å². The highest BCUT2D eigenvalue weighted by atomic mass is 19.3. The standard InChI is InChI=1S/C14H20F4N2O/c1-2-5-20-12(8-11-3-6-19-7-4-11)9-21-10-14(17,18)13(15)16/h3-4,6-7,12-13,20H,2,5,8-10H2,1H3.